The number of hydrogen-bond acceptors (Lipinski definition) is 3. The van der Waals surface area contributed by atoms with Crippen LogP contribution in [0.15, 0.2) is 12.1 Å². The second-order valence-corrected chi connectivity index (χ2v) is 3.03. The molecule has 1 heterocycles. The van der Waals surface area contributed by atoms with Gasteiger partial charge in [-0.15, -0.1) is 0 Å². The van der Waals surface area contributed by atoms with Gasteiger partial charge in [0.05, 0.1) is 0 Å². The Balaban J connectivity index is 3.00. The summed E-state index contributed by atoms with van der Waals surface area (Å²) in [6.45, 7) is 3.73. The topological polar surface area (TPSA) is 48.1 Å². The average molecular weight is 187 g/mol. The second-order valence-electron chi connectivity index (χ2n) is 2.64. The number of nitrogens with two attached hydrogens (primary N) is 1. The molecule has 0 radical (unpaired) electrons. The lowest BCUT2D eigenvalue weighted by atomic mass is 10.1. The zero-order valence-corrected chi connectivity index (χ0v) is 7.80. The molecule has 4 heteroatoms. The van der Waals surface area contributed by atoms with Crippen molar-refractivity contribution in [2.75, 3.05) is 0 Å². The second kappa shape index (κ2) is 3.85. The molecule has 66 valence electrons. The molecule has 1 atom stereocenters. The van der Waals surface area contributed by atoms with E-state index in [4.69, 9.17) is 17.5 Å². The lowest BCUT2D eigenvalue weighted by molar-refractivity contribution is 0.0663. The third-order valence-electron chi connectivity index (χ3n) is 1.62. The fourth-order valence-electron chi connectivity index (χ4n) is 0.967. The van der Waals surface area contributed by atoms with Crippen LogP contribution in [-0.4, -0.2) is 4.98 Å². The molecule has 0 amide bonds. The summed E-state index contributed by atoms with van der Waals surface area (Å²) in [5.41, 5.74) is 1.80. The monoisotopic (exact) mass is 186 g/mol. The molecule has 1 aromatic rings. The van der Waals surface area contributed by atoms with Gasteiger partial charge < -0.3 is 0 Å². The quantitative estimate of drug-likeness (QED) is 0.568. The van der Waals surface area contributed by atoms with Crippen molar-refractivity contribution in [2.24, 2.45) is 5.90 Å². The van der Waals surface area contributed by atoms with Gasteiger partial charge >= 0.3 is 0 Å². The number of nitrogens with zero attached hydrogens (tertiary/aromatic N) is 1. The summed E-state index contributed by atoms with van der Waals surface area (Å²) in [6.07, 6.45) is -0.149. The molecule has 0 aromatic carbocycles. The molecule has 0 fully saturated rings. The highest BCUT2D eigenvalue weighted by Crippen LogP contribution is 2.18. The maximum atomic E-state index is 5.74. The number of pyridine rings is 1. The molecule has 2 N–H and O–H groups in total. The van der Waals surface area contributed by atoms with Crippen molar-refractivity contribution < 1.29 is 4.84 Å². The van der Waals surface area contributed by atoms with E-state index in [0.29, 0.717) is 5.15 Å². The van der Waals surface area contributed by atoms with Crippen molar-refractivity contribution in [3.8, 4) is 0 Å². The zero-order valence-electron chi connectivity index (χ0n) is 7.04. The van der Waals surface area contributed by atoms with Crippen molar-refractivity contribution in [1.29, 1.82) is 0 Å². The van der Waals surface area contributed by atoms with Gasteiger partial charge in [-0.05, 0) is 31.5 Å². The summed E-state index contributed by atoms with van der Waals surface area (Å²) < 4.78 is 0. The molecule has 0 saturated heterocycles. The number of aromatic nitrogens is 1. The van der Waals surface area contributed by atoms with Gasteiger partial charge in [0.15, 0.2) is 0 Å². The van der Waals surface area contributed by atoms with E-state index in [1.165, 1.54) is 0 Å². The van der Waals surface area contributed by atoms with Crippen LogP contribution in [0.1, 0.15) is 24.3 Å². The summed E-state index contributed by atoms with van der Waals surface area (Å²) in [6, 6.07) is 3.63. The largest absolute Gasteiger partial charge is 0.297 e. The molecular formula is C8H11ClN2O. The molecule has 3 nitrogen and oxygen atoms in total. The van der Waals surface area contributed by atoms with E-state index in [0.717, 1.165) is 11.3 Å². The van der Waals surface area contributed by atoms with Crippen LogP contribution in [0.25, 0.3) is 0 Å². The van der Waals surface area contributed by atoms with Crippen molar-refractivity contribution in [3.05, 3.63) is 28.5 Å². The number of aryl methyl sites for hydroxylation is 1. The van der Waals surface area contributed by atoms with Crippen molar-refractivity contribution >= 4 is 11.6 Å². The minimum Gasteiger partial charge on any atom is -0.297 e. The highest BCUT2D eigenvalue weighted by atomic mass is 35.5. The molecule has 1 unspecified atom stereocenters. The highest BCUT2D eigenvalue weighted by Gasteiger charge is 2.05. The van der Waals surface area contributed by atoms with Crippen LogP contribution in [-0.2, 0) is 4.84 Å². The molecule has 1 aromatic heterocycles. The van der Waals surface area contributed by atoms with E-state index in [1.807, 2.05) is 19.9 Å². The minimum absolute atomic E-state index is 0.149. The predicted octanol–water partition coefficient (Wildman–Crippen LogP) is 1.99. The molecule has 0 aliphatic heterocycles. The van der Waals surface area contributed by atoms with Crippen molar-refractivity contribution in [1.82, 2.24) is 4.98 Å². The maximum Gasteiger partial charge on any atom is 0.129 e. The average Bonchev–Trinajstić information content (AvgIpc) is 2.01. The first-order valence-corrected chi connectivity index (χ1v) is 4.01. The molecule has 0 saturated carbocycles. The van der Waals surface area contributed by atoms with Crippen LogP contribution in [0, 0.1) is 6.92 Å². The van der Waals surface area contributed by atoms with Crippen LogP contribution in [0.5, 0.6) is 0 Å². The van der Waals surface area contributed by atoms with Crippen LogP contribution >= 0.6 is 11.6 Å². The first kappa shape index (κ1) is 9.45. The Hall–Kier alpha value is -0.640. The van der Waals surface area contributed by atoms with E-state index < -0.39 is 0 Å². The maximum absolute atomic E-state index is 5.74. The lowest BCUT2D eigenvalue weighted by Crippen LogP contribution is -2.05. The van der Waals surface area contributed by atoms with Gasteiger partial charge in [0, 0.05) is 5.69 Å². The highest BCUT2D eigenvalue weighted by molar-refractivity contribution is 6.29. The zero-order chi connectivity index (χ0) is 9.14. The number of hydrogen-bond donors (Lipinski definition) is 1. The van der Waals surface area contributed by atoms with Gasteiger partial charge in [-0.3, -0.25) is 4.84 Å². The normalized spacial score (nSPS) is 13.0. The third kappa shape index (κ3) is 2.17. The summed E-state index contributed by atoms with van der Waals surface area (Å²) in [5.74, 6) is 5.04. The Morgan fingerprint density at radius 3 is 2.75 bits per heavy atom. The Labute approximate surface area is 76.5 Å². The fourth-order valence-corrected chi connectivity index (χ4v) is 1.23. The Bertz CT molecular complexity index is 258. The fraction of sp³-hybridized carbons (Fsp3) is 0.375. The van der Waals surface area contributed by atoms with Gasteiger partial charge in [0.1, 0.15) is 11.3 Å². The number of halogens is 1. The van der Waals surface area contributed by atoms with Crippen LogP contribution in [0.2, 0.25) is 5.15 Å². The SMILES string of the molecule is Cc1cc(C(C)ON)cc(Cl)n1. The molecule has 1 rings (SSSR count). The molecule has 0 aliphatic carbocycles. The Kier molecular flexibility index (Phi) is 3.03. The first-order chi connectivity index (χ1) is 5.63. The summed E-state index contributed by atoms with van der Waals surface area (Å²) >= 11 is 5.74. The van der Waals surface area contributed by atoms with Crippen molar-refractivity contribution in [2.45, 2.75) is 20.0 Å². The predicted molar refractivity (Wildman–Crippen MR) is 47.7 cm³/mol. The molecule has 0 bridgehead atoms. The van der Waals surface area contributed by atoms with E-state index in [-0.39, 0.29) is 6.10 Å². The van der Waals surface area contributed by atoms with Crippen molar-refractivity contribution in [3.63, 3.8) is 0 Å². The lowest BCUT2D eigenvalue weighted by Gasteiger charge is -2.09. The van der Waals surface area contributed by atoms with Crippen LogP contribution in [0.4, 0.5) is 0 Å². The molecule has 0 spiro atoms. The van der Waals surface area contributed by atoms with Gasteiger partial charge in [-0.25, -0.2) is 10.9 Å². The van der Waals surface area contributed by atoms with Gasteiger partial charge in [0.2, 0.25) is 0 Å². The minimum atomic E-state index is -0.149. The summed E-state index contributed by atoms with van der Waals surface area (Å²) in [5, 5.41) is 0.467. The molecule has 12 heavy (non-hydrogen) atoms. The summed E-state index contributed by atoms with van der Waals surface area (Å²) in [4.78, 5) is 8.68. The van der Waals surface area contributed by atoms with E-state index in [2.05, 4.69) is 9.82 Å². The van der Waals surface area contributed by atoms with E-state index >= 15 is 0 Å². The smallest absolute Gasteiger partial charge is 0.129 e. The molecular weight excluding hydrogens is 176 g/mol. The summed E-state index contributed by atoms with van der Waals surface area (Å²) in [7, 11) is 0. The van der Waals surface area contributed by atoms with Crippen LogP contribution < -0.4 is 5.90 Å². The molecule has 0 aliphatic rings. The standard InChI is InChI=1S/C8H11ClN2O/c1-5-3-7(6(2)12-10)4-8(9)11-5/h3-4,6H,10H2,1-2H3. The van der Waals surface area contributed by atoms with Crippen LogP contribution in [0.3, 0.4) is 0 Å². The van der Waals surface area contributed by atoms with E-state index in [1.54, 1.807) is 6.07 Å². The van der Waals surface area contributed by atoms with Gasteiger partial charge in [-0.1, -0.05) is 11.6 Å². The third-order valence-corrected chi connectivity index (χ3v) is 1.81. The first-order valence-electron chi connectivity index (χ1n) is 3.63. The van der Waals surface area contributed by atoms with Gasteiger partial charge in [-0.2, -0.15) is 0 Å². The Morgan fingerprint density at radius 2 is 2.25 bits per heavy atom. The number of rotatable bonds is 2. The van der Waals surface area contributed by atoms with Gasteiger partial charge in [0.25, 0.3) is 0 Å². The Morgan fingerprint density at radius 1 is 1.58 bits per heavy atom. The van der Waals surface area contributed by atoms with E-state index in [9.17, 15) is 0 Å².